The minimum atomic E-state index is -0.459. The highest BCUT2D eigenvalue weighted by molar-refractivity contribution is 5.40. The zero-order chi connectivity index (χ0) is 23.1. The smallest absolute Gasteiger partial charge is 0.122 e. The molecule has 1 aliphatic rings. The van der Waals surface area contributed by atoms with Crippen molar-refractivity contribution in [3.63, 3.8) is 0 Å². The summed E-state index contributed by atoms with van der Waals surface area (Å²) in [6, 6.07) is 12.7. The fraction of sp³-hybridized carbons (Fsp3) is 0.571. The average molecular weight is 441 g/mol. The SMILES string of the molecule is Cc1cc(C2(CCc3ccc(CO)c(CO)c3)CCCCC2)ccc1OCC(O)C(C)C. The van der Waals surface area contributed by atoms with Gasteiger partial charge >= 0.3 is 0 Å². The molecule has 3 rings (SSSR count). The van der Waals surface area contributed by atoms with E-state index in [2.05, 4.69) is 31.2 Å². The molecule has 0 aromatic heterocycles. The summed E-state index contributed by atoms with van der Waals surface area (Å²) in [7, 11) is 0. The normalized spacial score (nSPS) is 16.8. The van der Waals surface area contributed by atoms with E-state index in [0.717, 1.165) is 35.3 Å². The van der Waals surface area contributed by atoms with E-state index in [1.54, 1.807) is 0 Å². The van der Waals surface area contributed by atoms with Gasteiger partial charge in [0.15, 0.2) is 0 Å². The van der Waals surface area contributed by atoms with Crippen molar-refractivity contribution in [1.82, 2.24) is 0 Å². The highest BCUT2D eigenvalue weighted by Gasteiger charge is 2.34. The highest BCUT2D eigenvalue weighted by atomic mass is 16.5. The summed E-state index contributed by atoms with van der Waals surface area (Å²) in [6.45, 7) is 6.33. The third kappa shape index (κ3) is 5.92. The van der Waals surface area contributed by atoms with Crippen LogP contribution in [0.2, 0.25) is 0 Å². The third-order valence-corrected chi connectivity index (χ3v) is 7.28. The van der Waals surface area contributed by atoms with E-state index in [-0.39, 0.29) is 24.5 Å². The molecular weight excluding hydrogens is 400 g/mol. The zero-order valence-electron chi connectivity index (χ0n) is 19.9. The molecule has 4 heteroatoms. The van der Waals surface area contributed by atoms with E-state index < -0.39 is 6.10 Å². The fourth-order valence-electron chi connectivity index (χ4n) is 4.94. The molecule has 0 heterocycles. The number of hydrogen-bond donors (Lipinski definition) is 3. The van der Waals surface area contributed by atoms with Crippen molar-refractivity contribution in [2.45, 2.75) is 90.4 Å². The first-order chi connectivity index (χ1) is 15.4. The van der Waals surface area contributed by atoms with Gasteiger partial charge in [-0.1, -0.05) is 63.4 Å². The van der Waals surface area contributed by atoms with Crippen molar-refractivity contribution in [2.24, 2.45) is 5.92 Å². The molecule has 0 spiro atoms. The fourth-order valence-corrected chi connectivity index (χ4v) is 4.94. The van der Waals surface area contributed by atoms with E-state index in [1.807, 2.05) is 26.0 Å². The Morgan fingerprint density at radius 3 is 2.28 bits per heavy atom. The van der Waals surface area contributed by atoms with Crippen molar-refractivity contribution in [2.75, 3.05) is 6.61 Å². The van der Waals surface area contributed by atoms with Crippen LogP contribution in [0.5, 0.6) is 5.75 Å². The summed E-state index contributed by atoms with van der Waals surface area (Å²) in [5.74, 6) is 1.03. The van der Waals surface area contributed by atoms with Crippen molar-refractivity contribution in [3.8, 4) is 5.75 Å². The lowest BCUT2D eigenvalue weighted by molar-refractivity contribution is 0.0698. The first kappa shape index (κ1) is 24.8. The van der Waals surface area contributed by atoms with Gasteiger partial charge in [0.2, 0.25) is 0 Å². The molecule has 32 heavy (non-hydrogen) atoms. The molecule has 3 N–H and O–H groups in total. The van der Waals surface area contributed by atoms with Gasteiger partial charge < -0.3 is 20.1 Å². The first-order valence-corrected chi connectivity index (χ1v) is 12.1. The second-order valence-electron chi connectivity index (χ2n) is 9.86. The van der Waals surface area contributed by atoms with Gasteiger partial charge in [-0.2, -0.15) is 0 Å². The molecule has 0 amide bonds. The van der Waals surface area contributed by atoms with Crippen LogP contribution in [0.1, 0.15) is 80.2 Å². The molecule has 1 saturated carbocycles. The molecule has 2 aromatic carbocycles. The van der Waals surface area contributed by atoms with Crippen LogP contribution in [-0.4, -0.2) is 28.0 Å². The molecule has 2 aromatic rings. The molecule has 1 aliphatic carbocycles. The standard InChI is InChI=1S/C28H40O4/c1-20(2)26(31)19-32-27-10-9-25(15-21(27)3)28(12-5-4-6-13-28)14-11-22-7-8-23(17-29)24(16-22)18-30/h7-10,15-16,20,26,29-31H,4-6,11-14,17-19H2,1-3H3. The number of benzene rings is 2. The lowest BCUT2D eigenvalue weighted by Crippen LogP contribution is -2.30. The number of aliphatic hydroxyl groups excluding tert-OH is 3. The lowest BCUT2D eigenvalue weighted by atomic mass is 9.66. The van der Waals surface area contributed by atoms with Crippen LogP contribution in [0.4, 0.5) is 0 Å². The second-order valence-corrected chi connectivity index (χ2v) is 9.86. The molecule has 1 atom stereocenters. The van der Waals surface area contributed by atoms with Gasteiger partial charge in [0.1, 0.15) is 12.4 Å². The van der Waals surface area contributed by atoms with Gasteiger partial charge in [-0.25, -0.2) is 0 Å². The van der Waals surface area contributed by atoms with Crippen molar-refractivity contribution < 1.29 is 20.1 Å². The third-order valence-electron chi connectivity index (χ3n) is 7.28. The quantitative estimate of drug-likeness (QED) is 0.474. The van der Waals surface area contributed by atoms with Crippen LogP contribution >= 0.6 is 0 Å². The van der Waals surface area contributed by atoms with E-state index in [4.69, 9.17) is 4.74 Å². The van der Waals surface area contributed by atoms with Crippen LogP contribution < -0.4 is 4.74 Å². The maximum atomic E-state index is 10.1. The Bertz CT molecular complexity index is 868. The van der Waals surface area contributed by atoms with Crippen LogP contribution in [-0.2, 0) is 25.0 Å². The molecule has 1 unspecified atom stereocenters. The Kier molecular flexibility index (Phi) is 8.75. The summed E-state index contributed by atoms with van der Waals surface area (Å²) in [4.78, 5) is 0. The molecular formula is C28H40O4. The summed E-state index contributed by atoms with van der Waals surface area (Å²) in [5, 5.41) is 29.2. The Labute approximate surface area is 193 Å². The Morgan fingerprint density at radius 1 is 0.938 bits per heavy atom. The summed E-state index contributed by atoms with van der Waals surface area (Å²) < 4.78 is 5.92. The summed E-state index contributed by atoms with van der Waals surface area (Å²) in [6.07, 6.45) is 7.76. The van der Waals surface area contributed by atoms with Gasteiger partial charge in [-0.15, -0.1) is 0 Å². The van der Waals surface area contributed by atoms with Crippen LogP contribution in [0.3, 0.4) is 0 Å². The van der Waals surface area contributed by atoms with Gasteiger partial charge in [0, 0.05) is 0 Å². The maximum Gasteiger partial charge on any atom is 0.122 e. The van der Waals surface area contributed by atoms with E-state index in [1.165, 1.54) is 43.2 Å². The molecule has 4 nitrogen and oxygen atoms in total. The van der Waals surface area contributed by atoms with Gasteiger partial charge in [-0.05, 0) is 77.8 Å². The van der Waals surface area contributed by atoms with Crippen molar-refractivity contribution in [3.05, 3.63) is 64.2 Å². The number of ether oxygens (including phenoxy) is 1. The Balaban J connectivity index is 1.77. The van der Waals surface area contributed by atoms with Gasteiger partial charge in [0.05, 0.1) is 19.3 Å². The maximum absolute atomic E-state index is 10.1. The number of rotatable bonds is 10. The minimum absolute atomic E-state index is 0.0397. The molecule has 0 saturated heterocycles. The van der Waals surface area contributed by atoms with E-state index in [0.29, 0.717) is 6.61 Å². The largest absolute Gasteiger partial charge is 0.491 e. The Morgan fingerprint density at radius 2 is 1.66 bits per heavy atom. The van der Waals surface area contributed by atoms with Crippen LogP contribution in [0.15, 0.2) is 36.4 Å². The van der Waals surface area contributed by atoms with Crippen molar-refractivity contribution >= 4 is 0 Å². The van der Waals surface area contributed by atoms with Crippen molar-refractivity contribution in [1.29, 1.82) is 0 Å². The Hall–Kier alpha value is -1.88. The topological polar surface area (TPSA) is 69.9 Å². The van der Waals surface area contributed by atoms with E-state index in [9.17, 15) is 15.3 Å². The van der Waals surface area contributed by atoms with Crippen LogP contribution in [0, 0.1) is 12.8 Å². The number of aliphatic hydroxyl groups is 3. The predicted octanol–water partition coefficient (Wildman–Crippen LogP) is 5.21. The van der Waals surface area contributed by atoms with E-state index >= 15 is 0 Å². The van der Waals surface area contributed by atoms with Gasteiger partial charge in [-0.3, -0.25) is 0 Å². The lowest BCUT2D eigenvalue weighted by Gasteiger charge is -2.38. The molecule has 176 valence electrons. The summed E-state index contributed by atoms with van der Waals surface area (Å²) >= 11 is 0. The number of hydrogen-bond acceptors (Lipinski definition) is 4. The van der Waals surface area contributed by atoms with Gasteiger partial charge in [0.25, 0.3) is 0 Å². The average Bonchev–Trinajstić information content (AvgIpc) is 2.82. The number of aryl methyl sites for hydroxylation is 2. The molecule has 0 radical (unpaired) electrons. The predicted molar refractivity (Wildman–Crippen MR) is 129 cm³/mol. The van der Waals surface area contributed by atoms with Crippen LogP contribution in [0.25, 0.3) is 0 Å². The second kappa shape index (κ2) is 11.3. The minimum Gasteiger partial charge on any atom is -0.491 e. The first-order valence-electron chi connectivity index (χ1n) is 12.1. The highest BCUT2D eigenvalue weighted by Crippen LogP contribution is 2.44. The molecule has 1 fully saturated rings. The zero-order valence-corrected chi connectivity index (χ0v) is 19.9. The summed E-state index contributed by atoms with van der Waals surface area (Å²) in [5.41, 5.74) is 5.52. The molecule has 0 aliphatic heterocycles. The monoisotopic (exact) mass is 440 g/mol. The molecule has 0 bridgehead atoms.